The number of hydrogen-bond acceptors (Lipinski definition) is 2. The van der Waals surface area contributed by atoms with Crippen molar-refractivity contribution in [3.63, 3.8) is 0 Å². The molecule has 0 aromatic heterocycles. The summed E-state index contributed by atoms with van der Waals surface area (Å²) >= 11 is 0. The third-order valence-electron chi connectivity index (χ3n) is 3.03. The van der Waals surface area contributed by atoms with Crippen molar-refractivity contribution in [1.29, 1.82) is 0 Å². The Labute approximate surface area is 113 Å². The molecule has 2 aromatic carbocycles. The van der Waals surface area contributed by atoms with E-state index in [0.717, 1.165) is 23.4 Å². The van der Waals surface area contributed by atoms with Crippen LogP contribution in [-0.4, -0.2) is 7.11 Å². The SMILES string of the molecule is COc1cccc(CNCc2ccc(C)c(F)c2)c1. The van der Waals surface area contributed by atoms with Gasteiger partial charge in [0.05, 0.1) is 7.11 Å². The number of benzene rings is 2. The monoisotopic (exact) mass is 259 g/mol. The van der Waals surface area contributed by atoms with Gasteiger partial charge in [0, 0.05) is 13.1 Å². The zero-order valence-corrected chi connectivity index (χ0v) is 11.2. The van der Waals surface area contributed by atoms with Crippen LogP contribution in [0, 0.1) is 12.7 Å². The fourth-order valence-electron chi connectivity index (χ4n) is 1.88. The maximum atomic E-state index is 13.4. The van der Waals surface area contributed by atoms with Crippen LogP contribution in [0.5, 0.6) is 5.75 Å². The lowest BCUT2D eigenvalue weighted by atomic mass is 10.1. The fraction of sp³-hybridized carbons (Fsp3) is 0.250. The van der Waals surface area contributed by atoms with Crippen LogP contribution in [0.3, 0.4) is 0 Å². The van der Waals surface area contributed by atoms with Gasteiger partial charge in [-0.1, -0.05) is 24.3 Å². The van der Waals surface area contributed by atoms with Crippen molar-refractivity contribution in [1.82, 2.24) is 5.32 Å². The second kappa shape index (κ2) is 6.34. The summed E-state index contributed by atoms with van der Waals surface area (Å²) in [6, 6.07) is 13.2. The summed E-state index contributed by atoms with van der Waals surface area (Å²) in [6.07, 6.45) is 0. The van der Waals surface area contributed by atoms with Gasteiger partial charge in [-0.05, 0) is 41.8 Å². The number of aryl methyl sites for hydroxylation is 1. The van der Waals surface area contributed by atoms with E-state index in [0.29, 0.717) is 12.1 Å². The fourth-order valence-corrected chi connectivity index (χ4v) is 1.88. The first-order chi connectivity index (χ1) is 9.19. The number of rotatable bonds is 5. The molecule has 0 atom stereocenters. The van der Waals surface area contributed by atoms with Gasteiger partial charge in [0.25, 0.3) is 0 Å². The molecule has 0 spiro atoms. The van der Waals surface area contributed by atoms with Gasteiger partial charge in [-0.25, -0.2) is 4.39 Å². The smallest absolute Gasteiger partial charge is 0.126 e. The average molecular weight is 259 g/mol. The highest BCUT2D eigenvalue weighted by molar-refractivity contribution is 5.28. The highest BCUT2D eigenvalue weighted by atomic mass is 19.1. The molecule has 0 aliphatic carbocycles. The van der Waals surface area contributed by atoms with E-state index >= 15 is 0 Å². The lowest BCUT2D eigenvalue weighted by molar-refractivity contribution is 0.414. The lowest BCUT2D eigenvalue weighted by Gasteiger charge is -2.07. The number of ether oxygens (including phenoxy) is 1. The molecule has 3 heteroatoms. The first-order valence-corrected chi connectivity index (χ1v) is 6.27. The largest absolute Gasteiger partial charge is 0.497 e. The van der Waals surface area contributed by atoms with Crippen molar-refractivity contribution in [2.24, 2.45) is 0 Å². The Hall–Kier alpha value is -1.87. The Balaban J connectivity index is 1.90. The Morgan fingerprint density at radius 2 is 1.79 bits per heavy atom. The molecule has 1 N–H and O–H groups in total. The molecule has 2 aromatic rings. The van der Waals surface area contributed by atoms with Crippen molar-refractivity contribution in [3.8, 4) is 5.75 Å². The lowest BCUT2D eigenvalue weighted by Crippen LogP contribution is -2.12. The van der Waals surface area contributed by atoms with Crippen molar-refractivity contribution >= 4 is 0 Å². The van der Waals surface area contributed by atoms with Crippen LogP contribution in [0.25, 0.3) is 0 Å². The second-order valence-corrected chi connectivity index (χ2v) is 4.54. The zero-order chi connectivity index (χ0) is 13.7. The van der Waals surface area contributed by atoms with Crippen molar-refractivity contribution in [2.45, 2.75) is 20.0 Å². The molecule has 0 saturated carbocycles. The van der Waals surface area contributed by atoms with E-state index in [-0.39, 0.29) is 5.82 Å². The maximum Gasteiger partial charge on any atom is 0.126 e. The van der Waals surface area contributed by atoms with Gasteiger partial charge in [-0.15, -0.1) is 0 Å². The molecule has 0 aliphatic rings. The van der Waals surface area contributed by atoms with E-state index in [1.165, 1.54) is 0 Å². The topological polar surface area (TPSA) is 21.3 Å². The molecule has 0 heterocycles. The van der Waals surface area contributed by atoms with E-state index in [2.05, 4.69) is 5.32 Å². The summed E-state index contributed by atoms with van der Waals surface area (Å²) in [5.41, 5.74) is 2.77. The van der Waals surface area contributed by atoms with E-state index in [9.17, 15) is 4.39 Å². The number of methoxy groups -OCH3 is 1. The molecule has 2 rings (SSSR count). The average Bonchev–Trinajstić information content (AvgIpc) is 2.43. The predicted molar refractivity (Wildman–Crippen MR) is 74.7 cm³/mol. The molecular weight excluding hydrogens is 241 g/mol. The van der Waals surface area contributed by atoms with Crippen LogP contribution >= 0.6 is 0 Å². The number of hydrogen-bond donors (Lipinski definition) is 1. The Kier molecular flexibility index (Phi) is 4.53. The summed E-state index contributed by atoms with van der Waals surface area (Å²) in [4.78, 5) is 0. The zero-order valence-electron chi connectivity index (χ0n) is 11.2. The minimum Gasteiger partial charge on any atom is -0.497 e. The number of nitrogens with one attached hydrogen (secondary N) is 1. The minimum absolute atomic E-state index is 0.152. The quantitative estimate of drug-likeness (QED) is 0.888. The normalized spacial score (nSPS) is 10.5. The summed E-state index contributed by atoms with van der Waals surface area (Å²) in [5.74, 6) is 0.696. The first-order valence-electron chi connectivity index (χ1n) is 6.27. The van der Waals surface area contributed by atoms with Crippen LogP contribution in [0.15, 0.2) is 42.5 Å². The van der Waals surface area contributed by atoms with Gasteiger partial charge in [-0.2, -0.15) is 0 Å². The van der Waals surface area contributed by atoms with Gasteiger partial charge in [0.15, 0.2) is 0 Å². The van der Waals surface area contributed by atoms with Crippen LogP contribution in [-0.2, 0) is 13.1 Å². The van der Waals surface area contributed by atoms with Gasteiger partial charge in [-0.3, -0.25) is 0 Å². The summed E-state index contributed by atoms with van der Waals surface area (Å²) < 4.78 is 18.6. The maximum absolute atomic E-state index is 13.4. The molecule has 0 saturated heterocycles. The molecule has 0 bridgehead atoms. The van der Waals surface area contributed by atoms with Crippen LogP contribution < -0.4 is 10.1 Å². The van der Waals surface area contributed by atoms with Crippen LogP contribution in [0.2, 0.25) is 0 Å². The highest BCUT2D eigenvalue weighted by Crippen LogP contribution is 2.13. The van der Waals surface area contributed by atoms with E-state index in [4.69, 9.17) is 4.74 Å². The van der Waals surface area contributed by atoms with Gasteiger partial charge >= 0.3 is 0 Å². The van der Waals surface area contributed by atoms with E-state index < -0.39 is 0 Å². The Bertz CT molecular complexity index is 554. The van der Waals surface area contributed by atoms with Crippen LogP contribution in [0.1, 0.15) is 16.7 Å². The molecule has 0 amide bonds. The summed E-state index contributed by atoms with van der Waals surface area (Å²) in [7, 11) is 1.65. The van der Waals surface area contributed by atoms with Crippen LogP contribution in [0.4, 0.5) is 4.39 Å². The second-order valence-electron chi connectivity index (χ2n) is 4.54. The molecule has 2 nitrogen and oxygen atoms in total. The van der Waals surface area contributed by atoms with Gasteiger partial charge in [0.1, 0.15) is 11.6 Å². The number of halogens is 1. The summed E-state index contributed by atoms with van der Waals surface area (Å²) in [5, 5.41) is 3.29. The molecular formula is C16H18FNO. The third-order valence-corrected chi connectivity index (χ3v) is 3.03. The molecule has 0 radical (unpaired) electrons. The molecule has 0 unspecified atom stereocenters. The first kappa shape index (κ1) is 13.6. The van der Waals surface area contributed by atoms with E-state index in [1.54, 1.807) is 26.2 Å². The Morgan fingerprint density at radius 1 is 1.05 bits per heavy atom. The Morgan fingerprint density at radius 3 is 2.47 bits per heavy atom. The third kappa shape index (κ3) is 3.80. The predicted octanol–water partition coefficient (Wildman–Crippen LogP) is 3.43. The molecule has 0 fully saturated rings. The van der Waals surface area contributed by atoms with Gasteiger partial charge < -0.3 is 10.1 Å². The molecule has 19 heavy (non-hydrogen) atoms. The van der Waals surface area contributed by atoms with Crippen molar-refractivity contribution in [2.75, 3.05) is 7.11 Å². The molecule has 0 aliphatic heterocycles. The van der Waals surface area contributed by atoms with Crippen molar-refractivity contribution in [3.05, 3.63) is 65.0 Å². The summed E-state index contributed by atoms with van der Waals surface area (Å²) in [6.45, 7) is 3.14. The standard InChI is InChI=1S/C16H18FNO/c1-12-6-7-14(9-16(12)17)11-18-10-13-4-3-5-15(8-13)19-2/h3-9,18H,10-11H2,1-2H3. The van der Waals surface area contributed by atoms with E-state index in [1.807, 2.05) is 30.3 Å². The minimum atomic E-state index is -0.152. The van der Waals surface area contributed by atoms with Gasteiger partial charge in [0.2, 0.25) is 0 Å². The van der Waals surface area contributed by atoms with Crippen molar-refractivity contribution < 1.29 is 9.13 Å². The molecule has 100 valence electrons. The highest BCUT2D eigenvalue weighted by Gasteiger charge is 2.00.